The highest BCUT2D eigenvalue weighted by Crippen LogP contribution is 1.84. The van der Waals surface area contributed by atoms with Crippen molar-refractivity contribution in [1.82, 2.24) is 9.80 Å². The fraction of sp³-hybridized carbons (Fsp3) is 0.636. The van der Waals surface area contributed by atoms with Gasteiger partial charge in [0.25, 0.3) is 0 Å². The van der Waals surface area contributed by atoms with Crippen molar-refractivity contribution in [3.05, 3.63) is 13.8 Å². The summed E-state index contributed by atoms with van der Waals surface area (Å²) in [7, 11) is 1.72. The lowest BCUT2D eigenvalue weighted by atomic mass is 10.5. The van der Waals surface area contributed by atoms with Crippen LogP contribution in [0, 0.1) is 13.8 Å². The lowest BCUT2D eigenvalue weighted by molar-refractivity contribution is -0.126. The summed E-state index contributed by atoms with van der Waals surface area (Å²) in [6.45, 7) is 14.5. The van der Waals surface area contributed by atoms with Crippen molar-refractivity contribution in [2.75, 3.05) is 26.7 Å². The Bertz CT molecular complexity index is 189. The summed E-state index contributed by atoms with van der Waals surface area (Å²) in [4.78, 5) is 23.8. The molecule has 0 unspecified atom stereocenters. The number of rotatable bonds is 3. The fourth-order valence-electron chi connectivity index (χ4n) is 0.753. The molecule has 0 bridgehead atoms. The van der Waals surface area contributed by atoms with Crippen LogP contribution in [0.15, 0.2) is 0 Å². The number of amides is 2. The van der Waals surface area contributed by atoms with Gasteiger partial charge in [-0.2, -0.15) is 0 Å². The SMILES string of the molecule is [CH2]C(=O)N(C)CC.[CH2]C(=O)N(CC)CC. The molecule has 0 aromatic heterocycles. The lowest BCUT2D eigenvalue weighted by Gasteiger charge is -2.14. The molecule has 88 valence electrons. The Morgan fingerprint density at radius 2 is 1.33 bits per heavy atom. The molecule has 0 saturated heterocycles. The summed E-state index contributed by atoms with van der Waals surface area (Å²) in [6.07, 6.45) is 0. The molecule has 0 heterocycles. The second-order valence-corrected chi connectivity index (χ2v) is 2.97. The van der Waals surface area contributed by atoms with Gasteiger partial charge < -0.3 is 9.80 Å². The minimum atomic E-state index is -0.123. The van der Waals surface area contributed by atoms with Crippen molar-refractivity contribution >= 4 is 11.8 Å². The quantitative estimate of drug-likeness (QED) is 0.703. The van der Waals surface area contributed by atoms with E-state index in [-0.39, 0.29) is 11.8 Å². The first-order valence-corrected chi connectivity index (χ1v) is 5.08. The smallest absolute Gasteiger partial charge is 0.223 e. The number of nitrogens with zero attached hydrogens (tertiary/aromatic N) is 2. The van der Waals surface area contributed by atoms with E-state index >= 15 is 0 Å². The van der Waals surface area contributed by atoms with Crippen LogP contribution in [0.1, 0.15) is 20.8 Å². The van der Waals surface area contributed by atoms with Gasteiger partial charge in [-0.05, 0) is 20.8 Å². The van der Waals surface area contributed by atoms with Gasteiger partial charge in [0, 0.05) is 40.5 Å². The number of hydrogen-bond acceptors (Lipinski definition) is 2. The topological polar surface area (TPSA) is 40.6 Å². The number of hydrogen-bond donors (Lipinski definition) is 0. The summed E-state index contributed by atoms with van der Waals surface area (Å²) in [5.41, 5.74) is 0. The lowest BCUT2D eigenvalue weighted by Crippen LogP contribution is -2.27. The molecule has 0 aliphatic rings. The average Bonchev–Trinajstić information content (AvgIpc) is 2.18. The van der Waals surface area contributed by atoms with Crippen LogP contribution in [0.5, 0.6) is 0 Å². The molecule has 4 heteroatoms. The molecule has 0 rings (SSSR count). The third kappa shape index (κ3) is 9.25. The molecule has 4 nitrogen and oxygen atoms in total. The molecule has 15 heavy (non-hydrogen) atoms. The maximum Gasteiger partial charge on any atom is 0.223 e. The van der Waals surface area contributed by atoms with Crippen LogP contribution in [-0.4, -0.2) is 48.3 Å². The minimum absolute atomic E-state index is 0.0880. The number of carbonyl (C=O) groups is 2. The number of carbonyl (C=O) groups excluding carboxylic acids is 2. The first-order chi connectivity index (χ1) is 6.90. The monoisotopic (exact) mass is 214 g/mol. The molecule has 2 amide bonds. The van der Waals surface area contributed by atoms with E-state index in [1.165, 1.54) is 0 Å². The van der Waals surface area contributed by atoms with Gasteiger partial charge in [-0.25, -0.2) is 0 Å². The van der Waals surface area contributed by atoms with Crippen LogP contribution in [0.4, 0.5) is 0 Å². The Kier molecular flexibility index (Phi) is 10.4. The first-order valence-electron chi connectivity index (χ1n) is 5.08. The normalized spacial score (nSPS) is 8.67. The highest BCUT2D eigenvalue weighted by Gasteiger charge is 1.99. The zero-order valence-electron chi connectivity index (χ0n) is 10.2. The summed E-state index contributed by atoms with van der Waals surface area (Å²) < 4.78 is 0. The van der Waals surface area contributed by atoms with Crippen molar-refractivity contribution in [3.63, 3.8) is 0 Å². The maximum atomic E-state index is 10.4. The van der Waals surface area contributed by atoms with Crippen molar-refractivity contribution in [1.29, 1.82) is 0 Å². The predicted octanol–water partition coefficient (Wildman–Crippen LogP) is 0.988. The highest BCUT2D eigenvalue weighted by molar-refractivity contribution is 5.80. The Morgan fingerprint density at radius 3 is 1.33 bits per heavy atom. The molecule has 0 N–H and O–H groups in total. The van der Waals surface area contributed by atoms with E-state index in [9.17, 15) is 9.59 Å². The Morgan fingerprint density at radius 1 is 0.933 bits per heavy atom. The summed E-state index contributed by atoms with van der Waals surface area (Å²) >= 11 is 0. The molecule has 0 aromatic rings. The van der Waals surface area contributed by atoms with Crippen LogP contribution in [0.25, 0.3) is 0 Å². The van der Waals surface area contributed by atoms with Gasteiger partial charge in [-0.1, -0.05) is 0 Å². The standard InChI is InChI=1S/C6H12NO.C5H10NO/c1-4-7(5-2)6(3)8;1-4-6(3)5(2)7/h3-5H2,1-2H3;2,4H2,1,3H3. The van der Waals surface area contributed by atoms with E-state index in [1.54, 1.807) is 16.8 Å². The fourth-order valence-corrected chi connectivity index (χ4v) is 0.753. The van der Waals surface area contributed by atoms with Gasteiger partial charge in [0.2, 0.25) is 11.8 Å². The van der Waals surface area contributed by atoms with Crippen molar-refractivity contribution in [2.24, 2.45) is 0 Å². The second-order valence-electron chi connectivity index (χ2n) is 2.97. The molecule has 0 aliphatic heterocycles. The molecule has 0 aromatic carbocycles. The van der Waals surface area contributed by atoms with Gasteiger partial charge in [-0.15, -0.1) is 0 Å². The maximum absolute atomic E-state index is 10.4. The third-order valence-electron chi connectivity index (χ3n) is 2.02. The predicted molar refractivity (Wildman–Crippen MR) is 62.0 cm³/mol. The summed E-state index contributed by atoms with van der Waals surface area (Å²) in [5, 5.41) is 0. The molecular formula is C11H22N2O2. The van der Waals surface area contributed by atoms with E-state index in [2.05, 4.69) is 13.8 Å². The molecule has 0 spiro atoms. The molecule has 0 saturated carbocycles. The van der Waals surface area contributed by atoms with Gasteiger partial charge in [0.1, 0.15) is 0 Å². The second kappa shape index (κ2) is 9.49. The zero-order valence-corrected chi connectivity index (χ0v) is 10.2. The molecule has 0 atom stereocenters. The molecule has 0 aliphatic carbocycles. The van der Waals surface area contributed by atoms with Gasteiger partial charge in [-0.3, -0.25) is 9.59 Å². The van der Waals surface area contributed by atoms with Crippen LogP contribution >= 0.6 is 0 Å². The Hall–Kier alpha value is -1.06. The molecule has 0 fully saturated rings. The van der Waals surface area contributed by atoms with E-state index in [0.717, 1.165) is 19.6 Å². The van der Waals surface area contributed by atoms with E-state index < -0.39 is 0 Å². The van der Waals surface area contributed by atoms with E-state index in [0.29, 0.717) is 0 Å². The van der Waals surface area contributed by atoms with Gasteiger partial charge in [0.15, 0.2) is 0 Å². The zero-order chi connectivity index (χ0) is 12.4. The van der Waals surface area contributed by atoms with E-state index in [4.69, 9.17) is 0 Å². The van der Waals surface area contributed by atoms with Gasteiger partial charge in [0.05, 0.1) is 0 Å². The largest absolute Gasteiger partial charge is 0.346 e. The van der Waals surface area contributed by atoms with Gasteiger partial charge >= 0.3 is 0 Å². The van der Waals surface area contributed by atoms with Crippen LogP contribution in [0.2, 0.25) is 0 Å². The molecule has 2 radical (unpaired) electrons. The van der Waals surface area contributed by atoms with Crippen LogP contribution in [0.3, 0.4) is 0 Å². The van der Waals surface area contributed by atoms with Crippen molar-refractivity contribution in [3.8, 4) is 0 Å². The average molecular weight is 214 g/mol. The summed E-state index contributed by atoms with van der Waals surface area (Å²) in [5.74, 6) is -0.211. The van der Waals surface area contributed by atoms with Crippen LogP contribution in [-0.2, 0) is 9.59 Å². The van der Waals surface area contributed by atoms with E-state index in [1.807, 2.05) is 20.8 Å². The first kappa shape index (κ1) is 16.4. The van der Waals surface area contributed by atoms with Crippen LogP contribution < -0.4 is 0 Å². The van der Waals surface area contributed by atoms with Crippen molar-refractivity contribution < 1.29 is 9.59 Å². The molecular weight excluding hydrogens is 192 g/mol. The van der Waals surface area contributed by atoms with Crippen molar-refractivity contribution in [2.45, 2.75) is 20.8 Å². The Balaban J connectivity index is 0. The third-order valence-corrected chi connectivity index (χ3v) is 2.02. The summed E-state index contributed by atoms with van der Waals surface area (Å²) in [6, 6.07) is 0. The minimum Gasteiger partial charge on any atom is -0.346 e. The Labute approximate surface area is 93.2 Å². The highest BCUT2D eigenvalue weighted by atomic mass is 16.2.